The molecule has 2 heterocycles. The van der Waals surface area contributed by atoms with Crippen molar-refractivity contribution in [3.8, 4) is 0 Å². The number of aromatic nitrogens is 1. The first-order valence-electron chi connectivity index (χ1n) is 10.3. The lowest BCUT2D eigenvalue weighted by atomic mass is 9.80. The molecule has 3 aromatic rings. The Morgan fingerprint density at radius 2 is 1.72 bits per heavy atom. The summed E-state index contributed by atoms with van der Waals surface area (Å²) >= 11 is 18.8. The lowest BCUT2D eigenvalue weighted by Crippen LogP contribution is -2.36. The van der Waals surface area contributed by atoms with Crippen LogP contribution in [0.15, 0.2) is 46.3 Å². The van der Waals surface area contributed by atoms with E-state index in [9.17, 15) is 10.0 Å². The van der Waals surface area contributed by atoms with E-state index in [2.05, 4.69) is 0 Å². The summed E-state index contributed by atoms with van der Waals surface area (Å²) in [5, 5.41) is 19.8. The monoisotopic (exact) mass is 491 g/mol. The van der Waals surface area contributed by atoms with Crippen molar-refractivity contribution in [2.45, 2.75) is 18.8 Å². The topological polar surface area (TPSA) is 67.1 Å². The zero-order valence-corrected chi connectivity index (χ0v) is 19.3. The highest BCUT2D eigenvalue weighted by atomic mass is 35.5. The molecule has 0 saturated carbocycles. The Kier molecular flexibility index (Phi) is 5.80. The predicted molar refractivity (Wildman–Crippen MR) is 127 cm³/mol. The van der Waals surface area contributed by atoms with Crippen LogP contribution < -0.4 is 5.43 Å². The van der Waals surface area contributed by atoms with Gasteiger partial charge in [0, 0.05) is 15.1 Å². The summed E-state index contributed by atoms with van der Waals surface area (Å²) in [5.41, 5.74) is 2.69. The summed E-state index contributed by atoms with van der Waals surface area (Å²) in [4.78, 5) is 13.5. The minimum absolute atomic E-state index is 0.0744. The van der Waals surface area contributed by atoms with Gasteiger partial charge in [-0.15, -0.1) is 0 Å². The molecule has 9 heteroatoms. The van der Waals surface area contributed by atoms with Crippen LogP contribution in [0.1, 0.15) is 29.2 Å². The van der Waals surface area contributed by atoms with E-state index in [4.69, 9.17) is 44.6 Å². The van der Waals surface area contributed by atoms with Gasteiger partial charge >= 0.3 is 0 Å². The maximum absolute atomic E-state index is 13.5. The van der Waals surface area contributed by atoms with Gasteiger partial charge in [0.2, 0.25) is 0 Å². The second-order valence-electron chi connectivity index (χ2n) is 8.01. The van der Waals surface area contributed by atoms with Gasteiger partial charge in [-0.1, -0.05) is 40.9 Å². The molecule has 0 amide bonds. The van der Waals surface area contributed by atoms with Gasteiger partial charge in [-0.05, 0) is 54.7 Å². The van der Waals surface area contributed by atoms with Gasteiger partial charge in [0.05, 0.1) is 54.2 Å². The summed E-state index contributed by atoms with van der Waals surface area (Å²) in [5.74, 6) is -0.0744. The molecule has 1 saturated heterocycles. The minimum atomic E-state index is -0.185. The van der Waals surface area contributed by atoms with Gasteiger partial charge in [0.25, 0.3) is 0 Å². The second kappa shape index (κ2) is 8.60. The van der Waals surface area contributed by atoms with Crippen molar-refractivity contribution in [3.05, 3.63) is 78.5 Å². The molecular formula is C23H20Cl3N3O3. The van der Waals surface area contributed by atoms with Crippen LogP contribution in [0.5, 0.6) is 0 Å². The molecule has 0 spiro atoms. The van der Waals surface area contributed by atoms with E-state index < -0.39 is 0 Å². The minimum Gasteiger partial charge on any atom is -0.428 e. The lowest BCUT2D eigenvalue weighted by molar-refractivity contribution is 0.0392. The number of rotatable bonds is 2. The number of hydrogen-bond acceptors (Lipinski definition) is 5. The zero-order chi connectivity index (χ0) is 22.4. The molecule has 1 aromatic heterocycles. The van der Waals surface area contributed by atoms with Crippen molar-refractivity contribution in [2.24, 2.45) is 5.10 Å². The Hall–Kier alpha value is -2.25. The van der Waals surface area contributed by atoms with E-state index in [1.54, 1.807) is 30.3 Å². The first-order valence-corrected chi connectivity index (χ1v) is 11.5. The molecule has 1 aliphatic carbocycles. The summed E-state index contributed by atoms with van der Waals surface area (Å²) in [6.07, 6.45) is 0.941. The Balaban J connectivity index is 1.71. The van der Waals surface area contributed by atoms with Crippen LogP contribution in [-0.4, -0.2) is 47.0 Å². The van der Waals surface area contributed by atoms with Crippen LogP contribution in [0, 0.1) is 0 Å². The van der Waals surface area contributed by atoms with Crippen molar-refractivity contribution in [1.82, 2.24) is 9.74 Å². The maximum Gasteiger partial charge on any atom is 0.199 e. The maximum atomic E-state index is 13.5. The van der Waals surface area contributed by atoms with Crippen LogP contribution in [0.3, 0.4) is 0 Å². The quantitative estimate of drug-likeness (QED) is 0.513. The van der Waals surface area contributed by atoms with Gasteiger partial charge in [0.1, 0.15) is 0 Å². The van der Waals surface area contributed by atoms with Crippen LogP contribution in [0.2, 0.25) is 15.1 Å². The number of fused-ring (bicyclic) bond motifs is 2. The molecule has 32 heavy (non-hydrogen) atoms. The molecule has 2 aliphatic rings. The van der Waals surface area contributed by atoms with E-state index >= 15 is 0 Å². The SMILES string of the molecule is O=c1c2c(n(O)c3ccc(Cl)cc13)CC(c1ccc(Cl)cc1Cl)C/C2=N\N1CCOCC1. The molecule has 2 aromatic carbocycles. The summed E-state index contributed by atoms with van der Waals surface area (Å²) in [6.45, 7) is 2.43. The standard InChI is InChI=1S/C23H20Cl3N3O3/c24-14-2-4-20-17(11-14)23(30)22-19(27-28-5-7-32-8-6-28)9-13(10-21(22)29(20)31)16-3-1-15(25)12-18(16)26/h1-4,11-13,31H,5-10H2/b27-19+. The highest BCUT2D eigenvalue weighted by Gasteiger charge is 2.32. The molecule has 6 nitrogen and oxygen atoms in total. The van der Waals surface area contributed by atoms with E-state index in [1.807, 2.05) is 11.1 Å². The molecule has 0 radical (unpaired) electrons. The average molecular weight is 493 g/mol. The van der Waals surface area contributed by atoms with Crippen molar-refractivity contribution >= 4 is 51.4 Å². The second-order valence-corrected chi connectivity index (χ2v) is 9.29. The average Bonchev–Trinajstić information content (AvgIpc) is 2.78. The van der Waals surface area contributed by atoms with E-state index in [-0.39, 0.29) is 11.3 Å². The Morgan fingerprint density at radius 3 is 2.47 bits per heavy atom. The molecular weight excluding hydrogens is 473 g/mol. The molecule has 1 unspecified atom stereocenters. The normalized spacial score (nSPS) is 20.0. The van der Waals surface area contributed by atoms with E-state index in [0.29, 0.717) is 82.1 Å². The summed E-state index contributed by atoms with van der Waals surface area (Å²) in [6, 6.07) is 10.3. The van der Waals surface area contributed by atoms with Gasteiger partial charge < -0.3 is 9.94 Å². The fourth-order valence-electron chi connectivity index (χ4n) is 4.49. The first kappa shape index (κ1) is 21.6. The number of hydrazone groups is 1. The van der Waals surface area contributed by atoms with Crippen molar-refractivity contribution in [2.75, 3.05) is 26.3 Å². The van der Waals surface area contributed by atoms with Crippen LogP contribution in [0.25, 0.3) is 10.9 Å². The molecule has 1 N–H and O–H groups in total. The van der Waals surface area contributed by atoms with Crippen LogP contribution >= 0.6 is 34.8 Å². The van der Waals surface area contributed by atoms with Crippen molar-refractivity contribution in [1.29, 1.82) is 0 Å². The Bertz CT molecular complexity index is 1300. The summed E-state index contributed by atoms with van der Waals surface area (Å²) in [7, 11) is 0. The fourth-order valence-corrected chi connectivity index (χ4v) is 5.22. The third-order valence-corrected chi connectivity index (χ3v) is 6.82. The summed E-state index contributed by atoms with van der Waals surface area (Å²) < 4.78 is 6.52. The van der Waals surface area contributed by atoms with Crippen LogP contribution in [0.4, 0.5) is 0 Å². The Labute approximate surface area is 199 Å². The molecule has 5 rings (SSSR count). The van der Waals surface area contributed by atoms with Crippen LogP contribution in [-0.2, 0) is 11.2 Å². The fraction of sp³-hybridized carbons (Fsp3) is 0.304. The number of halogens is 3. The lowest BCUT2D eigenvalue weighted by Gasteiger charge is -2.31. The number of hydrogen-bond donors (Lipinski definition) is 1. The smallest absolute Gasteiger partial charge is 0.199 e. The van der Waals surface area contributed by atoms with Gasteiger partial charge in [-0.2, -0.15) is 9.83 Å². The Morgan fingerprint density at radius 1 is 1.00 bits per heavy atom. The molecule has 166 valence electrons. The molecule has 1 aliphatic heterocycles. The van der Waals surface area contributed by atoms with Crippen molar-refractivity contribution in [3.63, 3.8) is 0 Å². The first-order chi connectivity index (χ1) is 15.4. The molecule has 1 fully saturated rings. The molecule has 1 atom stereocenters. The predicted octanol–water partition coefficient (Wildman–Crippen LogP) is 4.97. The van der Waals surface area contributed by atoms with E-state index in [0.717, 1.165) is 10.3 Å². The van der Waals surface area contributed by atoms with E-state index in [1.165, 1.54) is 0 Å². The zero-order valence-electron chi connectivity index (χ0n) is 17.0. The number of ether oxygens (including phenoxy) is 1. The highest BCUT2D eigenvalue weighted by molar-refractivity contribution is 6.35. The largest absolute Gasteiger partial charge is 0.428 e. The number of pyridine rings is 1. The number of benzene rings is 2. The number of morpholine rings is 1. The van der Waals surface area contributed by atoms with Gasteiger partial charge in [-0.25, -0.2) is 0 Å². The van der Waals surface area contributed by atoms with Crippen molar-refractivity contribution < 1.29 is 9.94 Å². The highest BCUT2D eigenvalue weighted by Crippen LogP contribution is 2.37. The number of nitrogens with zero attached hydrogens (tertiary/aromatic N) is 3. The third-order valence-electron chi connectivity index (χ3n) is 6.02. The van der Waals surface area contributed by atoms with Gasteiger partial charge in [-0.3, -0.25) is 9.80 Å². The third kappa shape index (κ3) is 3.86. The molecule has 0 bridgehead atoms. The van der Waals surface area contributed by atoms with Gasteiger partial charge in [0.15, 0.2) is 5.43 Å².